The van der Waals surface area contributed by atoms with Gasteiger partial charge in [0.25, 0.3) is 0 Å². The van der Waals surface area contributed by atoms with E-state index in [1.807, 2.05) is 6.07 Å². The first kappa shape index (κ1) is 15.8. The summed E-state index contributed by atoms with van der Waals surface area (Å²) >= 11 is 0. The average molecular weight is 307 g/mol. The van der Waals surface area contributed by atoms with E-state index in [0.29, 0.717) is 11.5 Å². The molecular formula is C15H21N3O2S. The fraction of sp³-hybridized carbons (Fsp3) is 0.533. The van der Waals surface area contributed by atoms with Crippen LogP contribution in [0.15, 0.2) is 23.1 Å². The van der Waals surface area contributed by atoms with Gasteiger partial charge in [-0.15, -0.1) is 0 Å². The van der Waals surface area contributed by atoms with Crippen molar-refractivity contribution in [1.29, 1.82) is 5.26 Å². The Labute approximate surface area is 126 Å². The summed E-state index contributed by atoms with van der Waals surface area (Å²) in [5.41, 5.74) is 6.31. The predicted octanol–water partition coefficient (Wildman–Crippen LogP) is 2.34. The number of anilines is 1. The highest BCUT2D eigenvalue weighted by Gasteiger charge is 2.31. The lowest BCUT2D eigenvalue weighted by molar-refractivity contribution is 0.246. The van der Waals surface area contributed by atoms with Gasteiger partial charge in [-0.1, -0.05) is 6.92 Å². The lowest BCUT2D eigenvalue weighted by Crippen LogP contribution is -2.39. The second-order valence-electron chi connectivity index (χ2n) is 5.80. The van der Waals surface area contributed by atoms with Crippen LogP contribution >= 0.6 is 0 Å². The molecule has 0 amide bonds. The van der Waals surface area contributed by atoms with Crippen LogP contribution < -0.4 is 5.73 Å². The standard InChI is InChI=1S/C15H21N3O2S/c1-11-3-6-13(7-4-11)18(2)21(19,20)15-8-5-12(10-16)9-14(15)17/h5,8-9,11,13H,3-4,6-7,17H2,1-2H3. The number of hydrogen-bond donors (Lipinski definition) is 1. The summed E-state index contributed by atoms with van der Waals surface area (Å²) in [4.78, 5) is 0.0858. The van der Waals surface area contributed by atoms with Crippen molar-refractivity contribution in [2.45, 2.75) is 43.5 Å². The molecule has 1 fully saturated rings. The molecule has 1 aromatic rings. The van der Waals surface area contributed by atoms with E-state index < -0.39 is 10.0 Å². The number of benzene rings is 1. The first-order chi connectivity index (χ1) is 9.86. The van der Waals surface area contributed by atoms with Gasteiger partial charge in [0.15, 0.2) is 0 Å². The number of sulfonamides is 1. The molecule has 1 saturated carbocycles. The van der Waals surface area contributed by atoms with Crippen molar-refractivity contribution >= 4 is 15.7 Å². The molecule has 0 heterocycles. The van der Waals surface area contributed by atoms with E-state index in [9.17, 15) is 8.42 Å². The number of nitrogens with two attached hydrogens (primary N) is 1. The molecule has 5 nitrogen and oxygen atoms in total. The van der Waals surface area contributed by atoms with Crippen molar-refractivity contribution in [3.05, 3.63) is 23.8 Å². The monoisotopic (exact) mass is 307 g/mol. The van der Waals surface area contributed by atoms with Gasteiger partial charge in [0.05, 0.1) is 17.3 Å². The lowest BCUT2D eigenvalue weighted by Gasteiger charge is -2.33. The number of nitriles is 1. The van der Waals surface area contributed by atoms with Crippen LogP contribution in [0.4, 0.5) is 5.69 Å². The van der Waals surface area contributed by atoms with Gasteiger partial charge in [-0.05, 0) is 49.8 Å². The summed E-state index contributed by atoms with van der Waals surface area (Å²) in [6, 6.07) is 6.30. The molecule has 6 heteroatoms. The summed E-state index contributed by atoms with van der Waals surface area (Å²) in [7, 11) is -1.99. The number of rotatable bonds is 3. The Hall–Kier alpha value is -1.58. The van der Waals surface area contributed by atoms with Gasteiger partial charge in [0, 0.05) is 13.1 Å². The number of nitrogen functional groups attached to an aromatic ring is 1. The molecule has 0 spiro atoms. The van der Waals surface area contributed by atoms with Crippen LogP contribution in [0.1, 0.15) is 38.2 Å². The van der Waals surface area contributed by atoms with Gasteiger partial charge in [0.1, 0.15) is 4.90 Å². The van der Waals surface area contributed by atoms with E-state index in [1.54, 1.807) is 7.05 Å². The minimum Gasteiger partial charge on any atom is -0.398 e. The minimum atomic E-state index is -3.61. The SMILES string of the molecule is CC1CCC(N(C)S(=O)(=O)c2ccc(C#N)cc2N)CC1. The fourth-order valence-electron chi connectivity index (χ4n) is 2.81. The van der Waals surface area contributed by atoms with Crippen molar-refractivity contribution in [3.8, 4) is 6.07 Å². The molecule has 1 aliphatic rings. The predicted molar refractivity (Wildman–Crippen MR) is 81.9 cm³/mol. The lowest BCUT2D eigenvalue weighted by atomic mass is 9.87. The molecule has 1 aromatic carbocycles. The zero-order valence-corrected chi connectivity index (χ0v) is 13.2. The van der Waals surface area contributed by atoms with Gasteiger partial charge >= 0.3 is 0 Å². The van der Waals surface area contributed by atoms with Crippen molar-refractivity contribution < 1.29 is 8.42 Å². The topological polar surface area (TPSA) is 87.2 Å². The van der Waals surface area contributed by atoms with Gasteiger partial charge < -0.3 is 5.73 Å². The van der Waals surface area contributed by atoms with Crippen LogP contribution in [0.5, 0.6) is 0 Å². The Morgan fingerprint density at radius 1 is 1.29 bits per heavy atom. The summed E-state index contributed by atoms with van der Waals surface area (Å²) in [5, 5.41) is 8.83. The van der Waals surface area contributed by atoms with E-state index in [0.717, 1.165) is 25.7 Å². The Morgan fingerprint density at radius 3 is 2.43 bits per heavy atom. The smallest absolute Gasteiger partial charge is 0.245 e. The molecule has 0 bridgehead atoms. The summed E-state index contributed by atoms with van der Waals surface area (Å²) in [6.45, 7) is 2.20. The third kappa shape index (κ3) is 3.20. The largest absolute Gasteiger partial charge is 0.398 e. The van der Waals surface area contributed by atoms with Crippen LogP contribution in [-0.4, -0.2) is 25.8 Å². The second kappa shape index (κ2) is 6.04. The molecule has 0 radical (unpaired) electrons. The molecule has 0 aliphatic heterocycles. The molecule has 0 atom stereocenters. The van der Waals surface area contributed by atoms with Crippen molar-refractivity contribution in [3.63, 3.8) is 0 Å². The van der Waals surface area contributed by atoms with E-state index in [4.69, 9.17) is 11.0 Å². The molecule has 2 rings (SSSR count). The zero-order chi connectivity index (χ0) is 15.6. The number of nitrogens with zero attached hydrogens (tertiary/aromatic N) is 2. The summed E-state index contributed by atoms with van der Waals surface area (Å²) in [6.07, 6.45) is 3.86. The maximum Gasteiger partial charge on any atom is 0.245 e. The molecule has 2 N–H and O–H groups in total. The van der Waals surface area contributed by atoms with Crippen LogP contribution in [0.25, 0.3) is 0 Å². The zero-order valence-electron chi connectivity index (χ0n) is 12.4. The van der Waals surface area contributed by atoms with E-state index in [1.165, 1.54) is 22.5 Å². The molecule has 21 heavy (non-hydrogen) atoms. The van der Waals surface area contributed by atoms with Crippen molar-refractivity contribution in [1.82, 2.24) is 4.31 Å². The first-order valence-corrected chi connectivity index (χ1v) is 8.58. The van der Waals surface area contributed by atoms with E-state index in [-0.39, 0.29) is 16.6 Å². The molecule has 114 valence electrons. The Bertz CT molecular complexity index is 656. The van der Waals surface area contributed by atoms with Crippen LogP contribution in [0.3, 0.4) is 0 Å². The van der Waals surface area contributed by atoms with Gasteiger partial charge in [-0.25, -0.2) is 8.42 Å². The van der Waals surface area contributed by atoms with Crippen molar-refractivity contribution in [2.75, 3.05) is 12.8 Å². The van der Waals surface area contributed by atoms with Gasteiger partial charge in [0.2, 0.25) is 10.0 Å². The van der Waals surface area contributed by atoms with Gasteiger partial charge in [-0.3, -0.25) is 0 Å². The minimum absolute atomic E-state index is 0.0289. The number of hydrogen-bond acceptors (Lipinski definition) is 4. The molecule has 0 unspecified atom stereocenters. The maximum absolute atomic E-state index is 12.7. The summed E-state index contributed by atoms with van der Waals surface area (Å²) < 4.78 is 26.8. The van der Waals surface area contributed by atoms with E-state index >= 15 is 0 Å². The van der Waals surface area contributed by atoms with Gasteiger partial charge in [-0.2, -0.15) is 9.57 Å². The molecule has 0 aromatic heterocycles. The Balaban J connectivity index is 2.27. The second-order valence-corrected chi connectivity index (χ2v) is 7.77. The highest BCUT2D eigenvalue weighted by molar-refractivity contribution is 7.89. The Kier molecular flexibility index (Phi) is 4.55. The normalized spacial score (nSPS) is 23.0. The quantitative estimate of drug-likeness (QED) is 0.868. The third-order valence-corrected chi connectivity index (χ3v) is 6.28. The molecule has 1 aliphatic carbocycles. The molecule has 0 saturated heterocycles. The van der Waals surface area contributed by atoms with Crippen LogP contribution in [0, 0.1) is 17.2 Å². The average Bonchev–Trinajstić information content (AvgIpc) is 2.46. The van der Waals surface area contributed by atoms with Crippen molar-refractivity contribution in [2.24, 2.45) is 5.92 Å². The highest BCUT2D eigenvalue weighted by Crippen LogP contribution is 2.31. The van der Waals surface area contributed by atoms with Crippen LogP contribution in [-0.2, 0) is 10.0 Å². The third-order valence-electron chi connectivity index (χ3n) is 4.30. The maximum atomic E-state index is 12.7. The highest BCUT2D eigenvalue weighted by atomic mass is 32.2. The fourth-order valence-corrected chi connectivity index (χ4v) is 4.32. The van der Waals surface area contributed by atoms with Crippen LogP contribution in [0.2, 0.25) is 0 Å². The molecular weight excluding hydrogens is 286 g/mol. The summed E-state index contributed by atoms with van der Waals surface area (Å²) in [5.74, 6) is 0.664. The first-order valence-electron chi connectivity index (χ1n) is 7.14. The Morgan fingerprint density at radius 2 is 1.90 bits per heavy atom. The van der Waals surface area contributed by atoms with E-state index in [2.05, 4.69) is 6.92 Å².